The molecule has 4 heterocycles. The fourth-order valence-electron chi connectivity index (χ4n) is 6.11. The molecule has 9 aromatic rings. The van der Waals surface area contributed by atoms with Gasteiger partial charge in [-0.25, -0.2) is 4.98 Å². The second kappa shape index (κ2) is 9.48. The molecule has 43 heavy (non-hydrogen) atoms. The summed E-state index contributed by atoms with van der Waals surface area (Å²) in [4.78, 5) is 15.3. The lowest BCUT2D eigenvalue weighted by atomic mass is 10.2. The van der Waals surface area contributed by atoms with E-state index in [0.29, 0.717) is 17.6 Å². The zero-order chi connectivity index (χ0) is 28.3. The van der Waals surface area contributed by atoms with Gasteiger partial charge < -0.3 is 4.57 Å². The quantitative estimate of drug-likeness (QED) is 0.212. The molecule has 0 bridgehead atoms. The van der Waals surface area contributed by atoms with E-state index >= 15 is 0 Å². The Morgan fingerprint density at radius 3 is 1.42 bits per heavy atom. The average molecular weight is 570 g/mol. The maximum Gasteiger partial charge on any atom is 0.238 e. The van der Waals surface area contributed by atoms with Crippen LogP contribution in [0, 0.1) is 0 Å². The van der Waals surface area contributed by atoms with Crippen LogP contribution in [0.25, 0.3) is 76.7 Å². The van der Waals surface area contributed by atoms with Crippen molar-refractivity contribution in [1.82, 2.24) is 24.1 Å². The van der Waals surface area contributed by atoms with Crippen molar-refractivity contribution < 1.29 is 0 Å². The smallest absolute Gasteiger partial charge is 0.238 e. The first kappa shape index (κ1) is 24.1. The van der Waals surface area contributed by atoms with Crippen LogP contribution in [-0.2, 0) is 0 Å². The maximum atomic E-state index is 5.15. The molecule has 5 nitrogen and oxygen atoms in total. The van der Waals surface area contributed by atoms with Gasteiger partial charge in [0, 0.05) is 27.6 Å². The molecule has 0 N–H and O–H groups in total. The number of nitrogens with zero attached hydrogens (tertiary/aromatic N) is 5. The van der Waals surface area contributed by atoms with Gasteiger partial charge in [-0.1, -0.05) is 115 Å². The third-order valence-electron chi connectivity index (χ3n) is 7.99. The van der Waals surface area contributed by atoms with Crippen molar-refractivity contribution >= 4 is 53.6 Å². The first-order valence-electron chi connectivity index (χ1n) is 14.2. The van der Waals surface area contributed by atoms with Gasteiger partial charge in [-0.2, -0.15) is 9.97 Å². The Bertz CT molecular complexity index is 2380. The summed E-state index contributed by atoms with van der Waals surface area (Å²) >= 11 is 1.84. The first-order chi connectivity index (χ1) is 21.3. The summed E-state index contributed by atoms with van der Waals surface area (Å²) in [6.07, 6.45) is 0. The minimum Gasteiger partial charge on any atom is -0.306 e. The van der Waals surface area contributed by atoms with Crippen LogP contribution in [0.2, 0.25) is 0 Å². The van der Waals surface area contributed by atoms with Crippen molar-refractivity contribution in [2.75, 3.05) is 0 Å². The van der Waals surface area contributed by atoms with E-state index in [1.54, 1.807) is 0 Å². The van der Waals surface area contributed by atoms with Gasteiger partial charge in [0.2, 0.25) is 5.95 Å². The third kappa shape index (κ3) is 3.67. The Balaban J connectivity index is 1.46. The zero-order valence-electron chi connectivity index (χ0n) is 22.9. The Morgan fingerprint density at radius 2 is 0.860 bits per heavy atom. The van der Waals surface area contributed by atoms with Crippen LogP contribution in [0.5, 0.6) is 0 Å². The largest absolute Gasteiger partial charge is 0.306 e. The topological polar surface area (TPSA) is 48.5 Å². The molecule has 0 aliphatic rings. The van der Waals surface area contributed by atoms with E-state index in [2.05, 4.69) is 88.0 Å². The molecule has 0 aliphatic carbocycles. The van der Waals surface area contributed by atoms with Gasteiger partial charge >= 0.3 is 0 Å². The highest BCUT2D eigenvalue weighted by Gasteiger charge is 2.25. The van der Waals surface area contributed by atoms with Crippen LogP contribution in [0.15, 0.2) is 140 Å². The highest BCUT2D eigenvalue weighted by atomic mass is 32.1. The van der Waals surface area contributed by atoms with E-state index in [4.69, 9.17) is 15.0 Å². The molecule has 5 aromatic carbocycles. The van der Waals surface area contributed by atoms with Crippen molar-refractivity contribution in [1.29, 1.82) is 0 Å². The molecule has 0 radical (unpaired) electrons. The second-order valence-corrected chi connectivity index (χ2v) is 11.5. The van der Waals surface area contributed by atoms with E-state index in [0.717, 1.165) is 33.4 Å². The highest BCUT2D eigenvalue weighted by Crippen LogP contribution is 2.46. The molecule has 0 aliphatic heterocycles. The molecule has 0 atom stereocenters. The fraction of sp³-hybridized carbons (Fsp3) is 0. The lowest BCUT2D eigenvalue weighted by Gasteiger charge is -2.12. The number of thiophene rings is 1. The van der Waals surface area contributed by atoms with E-state index in [1.807, 2.05) is 72.0 Å². The normalized spacial score (nSPS) is 11.7. The molecule has 9 rings (SSSR count). The van der Waals surface area contributed by atoms with Gasteiger partial charge in [0.25, 0.3) is 0 Å². The summed E-state index contributed by atoms with van der Waals surface area (Å²) in [5.74, 6) is 1.89. The van der Waals surface area contributed by atoms with Crippen molar-refractivity contribution in [3.05, 3.63) is 140 Å². The minimum absolute atomic E-state index is 0.600. The molecule has 0 amide bonds. The number of rotatable bonds is 4. The number of para-hydroxylation sites is 3. The minimum atomic E-state index is 0.600. The number of benzene rings is 5. The van der Waals surface area contributed by atoms with Crippen LogP contribution in [0.3, 0.4) is 0 Å². The van der Waals surface area contributed by atoms with Crippen LogP contribution >= 0.6 is 11.3 Å². The summed E-state index contributed by atoms with van der Waals surface area (Å²) < 4.78 is 7.10. The zero-order valence-corrected chi connectivity index (χ0v) is 23.7. The Hall–Kier alpha value is -5.59. The van der Waals surface area contributed by atoms with E-state index in [9.17, 15) is 0 Å². The van der Waals surface area contributed by atoms with Gasteiger partial charge in [0.05, 0.1) is 31.5 Å². The fourth-order valence-corrected chi connectivity index (χ4v) is 7.44. The van der Waals surface area contributed by atoms with Gasteiger partial charge in [-0.05, 0) is 24.3 Å². The second-order valence-electron chi connectivity index (χ2n) is 10.5. The van der Waals surface area contributed by atoms with E-state index < -0.39 is 0 Å². The van der Waals surface area contributed by atoms with Crippen molar-refractivity contribution in [3.63, 3.8) is 0 Å². The van der Waals surface area contributed by atoms with Crippen molar-refractivity contribution in [3.8, 4) is 34.4 Å². The van der Waals surface area contributed by atoms with Gasteiger partial charge in [0.15, 0.2) is 11.6 Å². The van der Waals surface area contributed by atoms with Crippen LogP contribution in [0.4, 0.5) is 0 Å². The third-order valence-corrected chi connectivity index (χ3v) is 9.22. The SMILES string of the molecule is c1ccc(-c2nc(-c3ccccc3)nc(-n3c4ccccc4c4sc5c6ccccc6n(-c6ccccc6)c5c43)n2)cc1. The molecule has 0 fully saturated rings. The molecule has 0 saturated carbocycles. The lowest BCUT2D eigenvalue weighted by Crippen LogP contribution is -2.06. The highest BCUT2D eigenvalue weighted by molar-refractivity contribution is 7.27. The number of hydrogen-bond acceptors (Lipinski definition) is 4. The average Bonchev–Trinajstić information content (AvgIpc) is 3.72. The molecule has 202 valence electrons. The van der Waals surface area contributed by atoms with Gasteiger partial charge in [0.1, 0.15) is 0 Å². The molecular weight excluding hydrogens is 547 g/mol. The molecule has 4 aromatic heterocycles. The molecular formula is C37H23N5S. The summed E-state index contributed by atoms with van der Waals surface area (Å²) in [7, 11) is 0. The van der Waals surface area contributed by atoms with Gasteiger partial charge in [-0.3, -0.25) is 4.57 Å². The summed E-state index contributed by atoms with van der Waals surface area (Å²) in [5, 5.41) is 2.43. The lowest BCUT2D eigenvalue weighted by molar-refractivity contribution is 0.954. The van der Waals surface area contributed by atoms with E-state index in [-0.39, 0.29) is 0 Å². The Morgan fingerprint density at radius 1 is 0.419 bits per heavy atom. The number of aromatic nitrogens is 5. The molecule has 0 unspecified atom stereocenters. The summed E-state index contributed by atoms with van der Waals surface area (Å²) in [6, 6.07) is 48.1. The maximum absolute atomic E-state index is 5.15. The summed E-state index contributed by atoms with van der Waals surface area (Å²) in [5.41, 5.74) is 7.53. The predicted octanol–water partition coefficient (Wildman–Crippen LogP) is 9.46. The molecule has 0 spiro atoms. The first-order valence-corrected chi connectivity index (χ1v) is 15.0. The molecule has 6 heteroatoms. The number of fused-ring (bicyclic) bond motifs is 7. The van der Waals surface area contributed by atoms with Crippen LogP contribution in [0.1, 0.15) is 0 Å². The van der Waals surface area contributed by atoms with Crippen molar-refractivity contribution in [2.24, 2.45) is 0 Å². The van der Waals surface area contributed by atoms with Crippen LogP contribution in [-0.4, -0.2) is 24.1 Å². The molecule has 0 saturated heterocycles. The Kier molecular flexibility index (Phi) is 5.30. The van der Waals surface area contributed by atoms with E-state index in [1.165, 1.54) is 25.7 Å². The summed E-state index contributed by atoms with van der Waals surface area (Å²) in [6.45, 7) is 0. The van der Waals surface area contributed by atoms with Crippen LogP contribution < -0.4 is 0 Å². The van der Waals surface area contributed by atoms with Crippen molar-refractivity contribution in [2.45, 2.75) is 0 Å². The predicted molar refractivity (Wildman–Crippen MR) is 177 cm³/mol. The standard InChI is InChI=1S/C37H23N5S/c1-4-14-24(15-5-1)35-38-36(25-16-6-2-7-17-25)40-37(39-35)42-30-23-13-11-21-28(30)34-32(42)31-33(43-34)27-20-10-12-22-29(27)41(31)26-18-8-3-9-19-26/h1-23H. The van der Waals surface area contributed by atoms with Gasteiger partial charge in [-0.15, -0.1) is 11.3 Å². The Labute approximate surface area is 251 Å². The number of hydrogen-bond donors (Lipinski definition) is 0. The monoisotopic (exact) mass is 569 g/mol.